The topological polar surface area (TPSA) is 67.9 Å². The lowest BCUT2D eigenvalue weighted by molar-refractivity contribution is -0.122. The highest BCUT2D eigenvalue weighted by Crippen LogP contribution is 2.38. The van der Waals surface area contributed by atoms with Gasteiger partial charge in [0.1, 0.15) is 5.70 Å². The van der Waals surface area contributed by atoms with E-state index in [1.807, 2.05) is 26.8 Å². The Morgan fingerprint density at radius 1 is 1.33 bits per heavy atom. The van der Waals surface area contributed by atoms with Crippen molar-refractivity contribution < 1.29 is 19.1 Å². The first-order valence-corrected chi connectivity index (χ1v) is 8.55. The molecule has 6 nitrogen and oxygen atoms in total. The van der Waals surface area contributed by atoms with E-state index in [2.05, 4.69) is 21.2 Å². The van der Waals surface area contributed by atoms with Crippen molar-refractivity contribution in [2.24, 2.45) is 0 Å². The van der Waals surface area contributed by atoms with Crippen molar-refractivity contribution in [2.75, 3.05) is 13.7 Å². The van der Waals surface area contributed by atoms with Gasteiger partial charge in [0.05, 0.1) is 17.7 Å². The summed E-state index contributed by atoms with van der Waals surface area (Å²) in [6.45, 7) is 6.17. The summed E-state index contributed by atoms with van der Waals surface area (Å²) in [4.78, 5) is 25.3. The number of nitrogens with zero attached hydrogens (tertiary/aromatic N) is 1. The monoisotopic (exact) mass is 396 g/mol. The van der Waals surface area contributed by atoms with Gasteiger partial charge in [-0.05, 0) is 60.0 Å². The molecule has 1 fully saturated rings. The van der Waals surface area contributed by atoms with Gasteiger partial charge in [-0.25, -0.2) is 4.79 Å². The molecule has 0 unspecified atom stereocenters. The van der Waals surface area contributed by atoms with Crippen LogP contribution >= 0.6 is 15.9 Å². The Morgan fingerprint density at radius 2 is 2.04 bits per heavy atom. The number of methoxy groups -OCH3 is 1. The maximum Gasteiger partial charge on any atom is 0.329 e. The minimum atomic E-state index is -0.390. The average molecular weight is 397 g/mol. The zero-order valence-electron chi connectivity index (χ0n) is 14.2. The molecule has 3 amide bonds. The van der Waals surface area contributed by atoms with E-state index in [0.29, 0.717) is 28.9 Å². The molecule has 0 radical (unpaired) electrons. The largest absolute Gasteiger partial charge is 0.493 e. The van der Waals surface area contributed by atoms with Crippen LogP contribution in [-0.4, -0.2) is 36.6 Å². The van der Waals surface area contributed by atoms with Crippen LogP contribution in [0.25, 0.3) is 6.08 Å². The third kappa shape index (κ3) is 3.90. The molecule has 1 aliphatic heterocycles. The Kier molecular flexibility index (Phi) is 5.88. The normalized spacial score (nSPS) is 16.1. The van der Waals surface area contributed by atoms with Crippen LogP contribution in [0.3, 0.4) is 0 Å². The Morgan fingerprint density at radius 3 is 2.62 bits per heavy atom. The standard InChI is InChI=1S/C17H21BrN2O4/c1-5-6-20-16(21)13(19-17(20)22)8-11-7-12(18)15(24-10(2)3)14(9-11)23-4/h7-10H,5-6H2,1-4H3,(H,19,22)/b13-8+. The van der Waals surface area contributed by atoms with Crippen molar-refractivity contribution in [3.8, 4) is 11.5 Å². The van der Waals surface area contributed by atoms with E-state index in [4.69, 9.17) is 9.47 Å². The molecule has 1 heterocycles. The molecule has 1 aromatic rings. The molecule has 2 rings (SSSR count). The Bertz CT molecular complexity index is 685. The molecule has 1 aromatic carbocycles. The zero-order valence-corrected chi connectivity index (χ0v) is 15.8. The van der Waals surface area contributed by atoms with Crippen LogP contribution in [-0.2, 0) is 4.79 Å². The highest BCUT2D eigenvalue weighted by atomic mass is 79.9. The maximum atomic E-state index is 12.3. The number of hydrogen-bond acceptors (Lipinski definition) is 4. The summed E-state index contributed by atoms with van der Waals surface area (Å²) in [7, 11) is 1.55. The minimum Gasteiger partial charge on any atom is -0.493 e. The number of halogens is 1. The van der Waals surface area contributed by atoms with Gasteiger partial charge in [-0.1, -0.05) is 6.92 Å². The Balaban J connectivity index is 2.35. The second-order valence-corrected chi connectivity index (χ2v) is 6.50. The predicted octanol–water partition coefficient (Wildman–Crippen LogP) is 3.55. The molecule has 0 atom stereocenters. The first kappa shape index (κ1) is 18.3. The zero-order chi connectivity index (χ0) is 17.9. The fourth-order valence-electron chi connectivity index (χ4n) is 2.34. The molecule has 0 aliphatic carbocycles. The Hall–Kier alpha value is -2.02. The number of urea groups is 1. The van der Waals surface area contributed by atoms with Crippen LogP contribution in [0.4, 0.5) is 4.79 Å². The fourth-order valence-corrected chi connectivity index (χ4v) is 2.89. The number of rotatable bonds is 6. The molecule has 130 valence electrons. The third-order valence-electron chi connectivity index (χ3n) is 3.33. The highest BCUT2D eigenvalue weighted by Gasteiger charge is 2.32. The van der Waals surface area contributed by atoms with Crippen LogP contribution < -0.4 is 14.8 Å². The van der Waals surface area contributed by atoms with E-state index in [-0.39, 0.29) is 23.7 Å². The van der Waals surface area contributed by atoms with Gasteiger partial charge in [-0.2, -0.15) is 0 Å². The summed E-state index contributed by atoms with van der Waals surface area (Å²) in [5.41, 5.74) is 0.969. The summed E-state index contributed by atoms with van der Waals surface area (Å²) in [6, 6.07) is 3.19. The van der Waals surface area contributed by atoms with Crippen LogP contribution in [0.5, 0.6) is 11.5 Å². The van der Waals surface area contributed by atoms with Crippen LogP contribution in [0.1, 0.15) is 32.8 Å². The quantitative estimate of drug-likeness (QED) is 0.589. The van der Waals surface area contributed by atoms with Gasteiger partial charge in [0.25, 0.3) is 5.91 Å². The van der Waals surface area contributed by atoms with Crippen molar-refractivity contribution in [3.05, 3.63) is 27.9 Å². The number of imide groups is 1. The van der Waals surface area contributed by atoms with Gasteiger partial charge in [0, 0.05) is 6.54 Å². The number of ether oxygens (including phenoxy) is 2. The van der Waals surface area contributed by atoms with Gasteiger partial charge in [-0.15, -0.1) is 0 Å². The van der Waals surface area contributed by atoms with Gasteiger partial charge in [0.15, 0.2) is 11.5 Å². The smallest absolute Gasteiger partial charge is 0.329 e. The molecular formula is C17H21BrN2O4. The first-order chi connectivity index (χ1) is 11.4. The maximum absolute atomic E-state index is 12.3. The molecule has 0 spiro atoms. The number of carbonyl (C=O) groups is 2. The number of nitrogens with one attached hydrogen (secondary N) is 1. The molecule has 24 heavy (non-hydrogen) atoms. The average Bonchev–Trinajstić information content (AvgIpc) is 2.77. The summed E-state index contributed by atoms with van der Waals surface area (Å²) >= 11 is 3.46. The number of amides is 3. The molecule has 7 heteroatoms. The van der Waals surface area contributed by atoms with E-state index in [1.54, 1.807) is 19.3 Å². The highest BCUT2D eigenvalue weighted by molar-refractivity contribution is 9.10. The predicted molar refractivity (Wildman–Crippen MR) is 95.0 cm³/mol. The van der Waals surface area contributed by atoms with Crippen molar-refractivity contribution in [1.82, 2.24) is 10.2 Å². The molecule has 0 saturated carbocycles. The van der Waals surface area contributed by atoms with E-state index >= 15 is 0 Å². The van der Waals surface area contributed by atoms with Crippen LogP contribution in [0.15, 0.2) is 22.3 Å². The molecule has 1 aliphatic rings. The van der Waals surface area contributed by atoms with Crippen molar-refractivity contribution >= 4 is 33.9 Å². The Labute approximate surface area is 149 Å². The van der Waals surface area contributed by atoms with Crippen molar-refractivity contribution in [2.45, 2.75) is 33.3 Å². The van der Waals surface area contributed by atoms with E-state index in [1.165, 1.54) is 4.90 Å². The van der Waals surface area contributed by atoms with Crippen LogP contribution in [0, 0.1) is 0 Å². The minimum absolute atomic E-state index is 0.00213. The van der Waals surface area contributed by atoms with Gasteiger partial charge < -0.3 is 14.8 Å². The van der Waals surface area contributed by atoms with Gasteiger partial charge in [0.2, 0.25) is 0 Å². The lowest BCUT2D eigenvalue weighted by Gasteiger charge is -2.16. The van der Waals surface area contributed by atoms with E-state index < -0.39 is 0 Å². The third-order valence-corrected chi connectivity index (χ3v) is 3.91. The number of hydrogen-bond donors (Lipinski definition) is 1. The first-order valence-electron chi connectivity index (χ1n) is 7.76. The fraction of sp³-hybridized carbons (Fsp3) is 0.412. The molecule has 1 saturated heterocycles. The summed E-state index contributed by atoms with van der Waals surface area (Å²) in [5, 5.41) is 2.60. The SMILES string of the molecule is CCCN1C(=O)N/C(=C/c2cc(Br)c(OC(C)C)c(OC)c2)C1=O. The summed E-state index contributed by atoms with van der Waals surface area (Å²) in [5.74, 6) is 0.829. The number of carbonyl (C=O) groups excluding carboxylic acids is 2. The van der Waals surface area contributed by atoms with Crippen LogP contribution in [0.2, 0.25) is 0 Å². The number of benzene rings is 1. The summed E-state index contributed by atoms with van der Waals surface area (Å²) in [6.07, 6.45) is 2.34. The lowest BCUT2D eigenvalue weighted by Crippen LogP contribution is -2.31. The van der Waals surface area contributed by atoms with E-state index in [9.17, 15) is 9.59 Å². The van der Waals surface area contributed by atoms with Crippen molar-refractivity contribution in [1.29, 1.82) is 0 Å². The van der Waals surface area contributed by atoms with E-state index in [0.717, 1.165) is 5.56 Å². The summed E-state index contributed by atoms with van der Waals surface area (Å²) < 4.78 is 11.8. The lowest BCUT2D eigenvalue weighted by atomic mass is 10.1. The second-order valence-electron chi connectivity index (χ2n) is 5.65. The molecule has 0 bridgehead atoms. The molecular weight excluding hydrogens is 376 g/mol. The van der Waals surface area contributed by atoms with Crippen molar-refractivity contribution in [3.63, 3.8) is 0 Å². The molecule has 0 aromatic heterocycles. The second kappa shape index (κ2) is 7.70. The van der Waals surface area contributed by atoms with Gasteiger partial charge >= 0.3 is 6.03 Å². The van der Waals surface area contributed by atoms with Gasteiger partial charge in [-0.3, -0.25) is 9.69 Å². The molecule has 1 N–H and O–H groups in total.